The molecule has 10 heteroatoms. The Labute approximate surface area is 174 Å². The van der Waals surface area contributed by atoms with Crippen molar-refractivity contribution in [3.8, 4) is 11.3 Å². The molecule has 1 amide bonds. The van der Waals surface area contributed by atoms with Gasteiger partial charge in [0, 0.05) is 36.6 Å². The molecule has 3 aromatic rings. The zero-order chi connectivity index (χ0) is 21.1. The Morgan fingerprint density at radius 1 is 1.20 bits per heavy atom. The highest BCUT2D eigenvalue weighted by molar-refractivity contribution is 7.89. The second-order valence-electron chi connectivity index (χ2n) is 7.47. The SMILES string of the molecule is CC1CCN(S(=O)(=O)c2cn(CC(=O)Nc3ccc(-c4ccno4)cc3)cn2)CC1. The highest BCUT2D eigenvalue weighted by Gasteiger charge is 2.29. The molecule has 0 bridgehead atoms. The molecule has 1 aliphatic heterocycles. The standard InChI is InChI=1S/C20H23N5O4S/c1-15-7-10-25(11-8-15)30(27,28)20-13-24(14-21-20)12-19(26)23-17-4-2-16(3-5-17)18-6-9-22-29-18/h2-6,9,13-15H,7-8,10-12H2,1H3,(H,23,26). The minimum atomic E-state index is -3.63. The fourth-order valence-corrected chi connectivity index (χ4v) is 4.77. The van der Waals surface area contributed by atoms with Crippen molar-refractivity contribution >= 4 is 21.6 Å². The fourth-order valence-electron chi connectivity index (χ4n) is 3.37. The average Bonchev–Trinajstić information content (AvgIpc) is 3.41. The van der Waals surface area contributed by atoms with Gasteiger partial charge >= 0.3 is 0 Å². The van der Waals surface area contributed by atoms with Crippen molar-refractivity contribution in [1.29, 1.82) is 0 Å². The number of nitrogens with zero attached hydrogens (tertiary/aromatic N) is 4. The van der Waals surface area contributed by atoms with Crippen molar-refractivity contribution in [1.82, 2.24) is 19.0 Å². The third kappa shape index (κ3) is 4.44. The summed E-state index contributed by atoms with van der Waals surface area (Å²) in [5.41, 5.74) is 1.47. The average molecular weight is 430 g/mol. The van der Waals surface area contributed by atoms with E-state index in [-0.39, 0.29) is 17.5 Å². The van der Waals surface area contributed by atoms with Gasteiger partial charge in [0.1, 0.15) is 6.54 Å². The van der Waals surface area contributed by atoms with Gasteiger partial charge in [-0.3, -0.25) is 4.79 Å². The molecular weight excluding hydrogens is 406 g/mol. The lowest BCUT2D eigenvalue weighted by Crippen LogP contribution is -2.38. The highest BCUT2D eigenvalue weighted by atomic mass is 32.2. The van der Waals surface area contributed by atoms with Crippen LogP contribution < -0.4 is 5.32 Å². The number of imidazole rings is 1. The van der Waals surface area contributed by atoms with E-state index >= 15 is 0 Å². The van der Waals surface area contributed by atoms with E-state index in [0.717, 1.165) is 18.4 Å². The molecule has 1 fully saturated rings. The fraction of sp³-hybridized carbons (Fsp3) is 0.350. The smallest absolute Gasteiger partial charge is 0.262 e. The Kier molecular flexibility index (Phi) is 5.69. The van der Waals surface area contributed by atoms with Crippen LogP contribution in [-0.4, -0.2) is 46.4 Å². The van der Waals surface area contributed by atoms with Gasteiger partial charge in [-0.05, 0) is 43.0 Å². The Hall–Kier alpha value is -2.98. The summed E-state index contributed by atoms with van der Waals surface area (Å²) in [6.45, 7) is 3.09. The first-order valence-corrected chi connectivity index (χ1v) is 11.2. The number of amides is 1. The molecule has 0 unspecified atom stereocenters. The van der Waals surface area contributed by atoms with Gasteiger partial charge in [0.05, 0.1) is 12.5 Å². The third-order valence-corrected chi connectivity index (χ3v) is 6.96. The molecule has 0 radical (unpaired) electrons. The lowest BCUT2D eigenvalue weighted by atomic mass is 10.0. The maximum Gasteiger partial charge on any atom is 0.262 e. The number of aromatic nitrogens is 3. The summed E-state index contributed by atoms with van der Waals surface area (Å²) in [7, 11) is -3.63. The van der Waals surface area contributed by atoms with Crippen LogP contribution in [0.15, 0.2) is 58.6 Å². The van der Waals surface area contributed by atoms with Crippen molar-refractivity contribution in [3.05, 3.63) is 49.1 Å². The van der Waals surface area contributed by atoms with E-state index in [9.17, 15) is 13.2 Å². The van der Waals surface area contributed by atoms with Gasteiger partial charge in [-0.2, -0.15) is 4.31 Å². The largest absolute Gasteiger partial charge is 0.356 e. The first-order chi connectivity index (χ1) is 14.4. The predicted molar refractivity (Wildman–Crippen MR) is 110 cm³/mol. The van der Waals surface area contributed by atoms with E-state index in [2.05, 4.69) is 22.4 Å². The molecule has 0 spiro atoms. The monoisotopic (exact) mass is 429 g/mol. The van der Waals surface area contributed by atoms with Gasteiger partial charge in [-0.15, -0.1) is 0 Å². The van der Waals surface area contributed by atoms with Crippen molar-refractivity contribution in [2.75, 3.05) is 18.4 Å². The number of piperidine rings is 1. The van der Waals surface area contributed by atoms with Gasteiger partial charge in [0.25, 0.3) is 10.0 Å². The first kappa shape index (κ1) is 20.3. The highest BCUT2D eigenvalue weighted by Crippen LogP contribution is 2.23. The van der Waals surface area contributed by atoms with Crippen LogP contribution in [0.3, 0.4) is 0 Å². The molecule has 0 atom stereocenters. The Morgan fingerprint density at radius 2 is 1.93 bits per heavy atom. The molecule has 1 aromatic carbocycles. The number of carbonyl (C=O) groups excluding carboxylic acids is 1. The minimum Gasteiger partial charge on any atom is -0.356 e. The van der Waals surface area contributed by atoms with Crippen molar-refractivity contribution < 1.29 is 17.7 Å². The molecule has 3 heterocycles. The van der Waals surface area contributed by atoms with Crippen LogP contribution in [0.5, 0.6) is 0 Å². The number of nitrogens with one attached hydrogen (secondary N) is 1. The van der Waals surface area contributed by atoms with Crippen LogP contribution in [0.4, 0.5) is 5.69 Å². The van der Waals surface area contributed by atoms with E-state index in [4.69, 9.17) is 4.52 Å². The number of sulfonamides is 1. The van der Waals surface area contributed by atoms with Gasteiger partial charge in [0.2, 0.25) is 5.91 Å². The zero-order valence-corrected chi connectivity index (χ0v) is 17.4. The Morgan fingerprint density at radius 3 is 2.60 bits per heavy atom. The molecule has 158 valence electrons. The van der Waals surface area contributed by atoms with Crippen LogP contribution in [0.2, 0.25) is 0 Å². The molecule has 9 nitrogen and oxygen atoms in total. The van der Waals surface area contributed by atoms with Crippen LogP contribution in [0.1, 0.15) is 19.8 Å². The van der Waals surface area contributed by atoms with Crippen LogP contribution in [0.25, 0.3) is 11.3 Å². The van der Waals surface area contributed by atoms with Crippen molar-refractivity contribution in [2.24, 2.45) is 5.92 Å². The van der Waals surface area contributed by atoms with Gasteiger partial charge in [0.15, 0.2) is 10.8 Å². The summed E-state index contributed by atoms with van der Waals surface area (Å²) in [5.74, 6) is 0.890. The number of carbonyl (C=O) groups is 1. The second-order valence-corrected chi connectivity index (χ2v) is 9.36. The lowest BCUT2D eigenvalue weighted by molar-refractivity contribution is -0.116. The van der Waals surface area contributed by atoms with Crippen LogP contribution >= 0.6 is 0 Å². The molecule has 0 saturated carbocycles. The number of rotatable bonds is 6. The molecule has 30 heavy (non-hydrogen) atoms. The molecule has 2 aromatic heterocycles. The molecule has 1 N–H and O–H groups in total. The first-order valence-electron chi connectivity index (χ1n) is 9.75. The number of hydrogen-bond acceptors (Lipinski definition) is 6. The minimum absolute atomic E-state index is 0.0266. The summed E-state index contributed by atoms with van der Waals surface area (Å²) in [4.78, 5) is 16.4. The molecule has 1 aliphatic rings. The van der Waals surface area contributed by atoms with Crippen molar-refractivity contribution in [3.63, 3.8) is 0 Å². The molecule has 0 aliphatic carbocycles. The van der Waals surface area contributed by atoms with Crippen molar-refractivity contribution in [2.45, 2.75) is 31.3 Å². The third-order valence-electron chi connectivity index (χ3n) is 5.17. The number of hydrogen-bond donors (Lipinski definition) is 1. The quantitative estimate of drug-likeness (QED) is 0.645. The summed E-state index contributed by atoms with van der Waals surface area (Å²) in [5, 5.41) is 6.43. The number of anilines is 1. The molecule has 1 saturated heterocycles. The second kappa shape index (κ2) is 8.41. The van der Waals surface area contributed by atoms with E-state index in [1.807, 2.05) is 12.1 Å². The van der Waals surface area contributed by atoms with E-state index in [1.165, 1.54) is 21.4 Å². The van der Waals surface area contributed by atoms with Gasteiger partial charge in [-0.25, -0.2) is 13.4 Å². The normalized spacial score (nSPS) is 15.9. The van der Waals surface area contributed by atoms with Gasteiger partial charge in [-0.1, -0.05) is 12.1 Å². The summed E-state index contributed by atoms with van der Waals surface area (Å²) in [6.07, 6.45) is 6.03. The topological polar surface area (TPSA) is 110 Å². The molecular formula is C20H23N5O4S. The van der Waals surface area contributed by atoms with E-state index < -0.39 is 10.0 Å². The summed E-state index contributed by atoms with van der Waals surface area (Å²) < 4.78 is 33.5. The Bertz CT molecular complexity index is 1100. The van der Waals surface area contributed by atoms with Crippen LogP contribution in [0, 0.1) is 5.92 Å². The number of benzene rings is 1. The summed E-state index contributed by atoms with van der Waals surface area (Å²) in [6, 6.07) is 8.91. The predicted octanol–water partition coefficient (Wildman–Crippen LogP) is 2.60. The van der Waals surface area contributed by atoms with E-state index in [0.29, 0.717) is 30.5 Å². The zero-order valence-electron chi connectivity index (χ0n) is 16.6. The van der Waals surface area contributed by atoms with Crippen LogP contribution in [-0.2, 0) is 21.4 Å². The maximum atomic E-state index is 12.8. The summed E-state index contributed by atoms with van der Waals surface area (Å²) >= 11 is 0. The molecule has 4 rings (SSSR count). The lowest BCUT2D eigenvalue weighted by Gasteiger charge is -2.28. The Balaban J connectivity index is 1.37. The van der Waals surface area contributed by atoms with Gasteiger partial charge < -0.3 is 14.4 Å². The van der Waals surface area contributed by atoms with E-state index in [1.54, 1.807) is 24.4 Å². The maximum absolute atomic E-state index is 12.8.